The number of unbranched alkanes of at least 4 members (excludes halogenated alkanes) is 4. The molecule has 0 bridgehead atoms. The van der Waals surface area contributed by atoms with Crippen LogP contribution in [0.1, 0.15) is 208 Å². The van der Waals surface area contributed by atoms with Gasteiger partial charge in [-0.2, -0.15) is 31.2 Å². The van der Waals surface area contributed by atoms with Gasteiger partial charge in [0, 0.05) is 157 Å². The number of nitrogens with one attached hydrogen (secondary N) is 4. The molecule has 2 unspecified atom stereocenters. The molecule has 2 atom stereocenters. The zero-order chi connectivity index (χ0) is 105. The number of carbonyl (C=O) groups is 7. The Morgan fingerprint density at radius 2 is 1.32 bits per heavy atom. The van der Waals surface area contributed by atoms with Crippen molar-refractivity contribution in [3.8, 4) is 0 Å². The zero-order valence-corrected chi connectivity index (χ0v) is 96.9. The minimum Gasteiger partial charge on any atom is -0.748 e. The number of aliphatic hydroxyl groups is 1. The summed E-state index contributed by atoms with van der Waals surface area (Å²) in [5.74, 6) is -2.27. The van der Waals surface area contributed by atoms with E-state index in [1.54, 1.807) is 49.3 Å². The van der Waals surface area contributed by atoms with Gasteiger partial charge in [-0.15, -0.1) is 12.6 Å². The summed E-state index contributed by atoms with van der Waals surface area (Å²) in [5, 5.41) is 27.6. The minimum absolute atomic E-state index is 0. The molecule has 4 heterocycles. The topological polar surface area (TPSA) is 389 Å². The van der Waals surface area contributed by atoms with E-state index in [0.717, 1.165) is 125 Å². The van der Waals surface area contributed by atoms with Crippen LogP contribution < -0.4 is 138 Å². The second-order valence-corrected chi connectivity index (χ2v) is 43.7. The molecule has 1 saturated heterocycles. The van der Waals surface area contributed by atoms with Crippen LogP contribution >= 0.6 is 46.3 Å². The first-order chi connectivity index (χ1) is 68.3. The maximum atomic E-state index is 14.8. The van der Waals surface area contributed by atoms with E-state index < -0.39 is 53.2 Å². The summed E-state index contributed by atoms with van der Waals surface area (Å²) in [5.41, 5.74) is 10.1. The van der Waals surface area contributed by atoms with Crippen LogP contribution in [0.2, 0.25) is 10.0 Å². The third kappa shape index (κ3) is 34.5. The van der Waals surface area contributed by atoms with E-state index in [1.165, 1.54) is 50.4 Å². The van der Waals surface area contributed by atoms with Crippen molar-refractivity contribution in [3.05, 3.63) is 256 Å². The van der Waals surface area contributed by atoms with E-state index >= 15 is 0 Å². The number of amides is 4. The van der Waals surface area contributed by atoms with Gasteiger partial charge in [0.25, 0.3) is 5.01 Å². The number of esters is 1. The summed E-state index contributed by atoms with van der Waals surface area (Å²) in [6, 6.07) is 42.8. The van der Waals surface area contributed by atoms with Gasteiger partial charge in [-0.1, -0.05) is 172 Å². The molecule has 1 aromatic heterocycles. The van der Waals surface area contributed by atoms with Crippen molar-refractivity contribution in [2.75, 3.05) is 94.6 Å². The van der Waals surface area contributed by atoms with Crippen LogP contribution in [0.3, 0.4) is 0 Å². The molecular weight excluding hydrogens is 2070 g/mol. The molecule has 13 rings (SSSR count). The number of allylic oxidation sites excluding steroid dienone is 10. The molecule has 3 aliphatic heterocycles. The maximum absolute atomic E-state index is 14.8. The summed E-state index contributed by atoms with van der Waals surface area (Å²) >= 11 is 16.6. The largest absolute Gasteiger partial charge is 1.00 e. The van der Waals surface area contributed by atoms with Crippen molar-refractivity contribution in [1.29, 1.82) is 0 Å². The number of aliphatic hydroxyl groups excluding tert-OH is 1. The number of rotatable bonds is 42. The molecule has 0 radical (unpaired) electrons. The Morgan fingerprint density at radius 1 is 0.699 bits per heavy atom. The number of aromatic nitrogens is 1. The number of anilines is 3. The van der Waals surface area contributed by atoms with Crippen molar-refractivity contribution in [2.45, 2.75) is 218 Å². The molecule has 0 spiro atoms. The van der Waals surface area contributed by atoms with Crippen molar-refractivity contribution in [2.24, 2.45) is 10.4 Å². The molecule has 776 valence electrons. The van der Waals surface area contributed by atoms with Gasteiger partial charge in [0.15, 0.2) is 16.6 Å². The number of likely N-dealkylation sites (tertiary alicyclic amines) is 1. The predicted octanol–water partition coefficient (Wildman–Crippen LogP) is 13.1. The number of Topliss-reactive ketones (excluding diaryl/α,β-unsaturated/α-hetero) is 2. The van der Waals surface area contributed by atoms with Crippen LogP contribution in [0.4, 0.5) is 30.2 Å². The number of aliphatic imine (C=N–C) groups is 1. The number of aryl methyl sites for hydroxylation is 1. The van der Waals surface area contributed by atoms with Gasteiger partial charge >= 0.3 is 125 Å². The molecular formula is C106H127Cl2F3K2N10O18S5. The van der Waals surface area contributed by atoms with E-state index in [-0.39, 0.29) is 223 Å². The number of sulfonamides is 1. The number of thioether (sulfide) groups is 1. The van der Waals surface area contributed by atoms with E-state index in [4.69, 9.17) is 45.3 Å². The molecule has 7 aromatic rings. The molecule has 0 saturated carbocycles. The molecule has 1 fully saturated rings. The van der Waals surface area contributed by atoms with Gasteiger partial charge in [-0.05, 0) is 221 Å². The van der Waals surface area contributed by atoms with Crippen LogP contribution in [0.25, 0.3) is 32.2 Å². The fourth-order valence-electron chi connectivity index (χ4n) is 18.1. The molecule has 5 N–H and O–H groups in total. The monoisotopic (exact) mass is 2190 g/mol. The molecule has 6 aromatic carbocycles. The van der Waals surface area contributed by atoms with E-state index in [2.05, 4.69) is 158 Å². The fraction of sp³-hybridized carbons (Fsp3) is 0.434. The summed E-state index contributed by atoms with van der Waals surface area (Å²) < 4.78 is 130. The van der Waals surface area contributed by atoms with Gasteiger partial charge in [0.1, 0.15) is 16.2 Å². The number of nitrogens with zero attached hydrogens (tertiary/aromatic N) is 6. The zero-order valence-electron chi connectivity index (χ0n) is 85.0. The Labute approximate surface area is 959 Å². The summed E-state index contributed by atoms with van der Waals surface area (Å²) in [4.78, 5) is 102. The fourth-order valence-corrected chi connectivity index (χ4v) is 21.7. The average Bonchev–Trinajstić information content (AvgIpc) is 1.45. The van der Waals surface area contributed by atoms with Gasteiger partial charge in [-0.3, -0.25) is 33.6 Å². The van der Waals surface area contributed by atoms with E-state index in [9.17, 15) is 73.2 Å². The summed E-state index contributed by atoms with van der Waals surface area (Å²) in [6.07, 6.45) is 21.2. The van der Waals surface area contributed by atoms with E-state index in [1.807, 2.05) is 87.3 Å². The van der Waals surface area contributed by atoms with Gasteiger partial charge < -0.3 is 66.7 Å². The molecule has 40 heteroatoms. The molecule has 146 heavy (non-hydrogen) atoms. The second kappa shape index (κ2) is 57.8. The van der Waals surface area contributed by atoms with Crippen molar-refractivity contribution < 1.29 is 203 Å². The molecule has 4 amide bonds. The van der Waals surface area contributed by atoms with Gasteiger partial charge in [0.2, 0.25) is 34.9 Å². The number of ketones is 2. The first kappa shape index (κ1) is 124. The van der Waals surface area contributed by atoms with Crippen LogP contribution in [-0.2, 0) is 105 Å². The van der Waals surface area contributed by atoms with Crippen LogP contribution in [0.5, 0.6) is 0 Å². The Hall–Kier alpha value is -7.50. The van der Waals surface area contributed by atoms with Gasteiger partial charge in [0.05, 0.1) is 56.4 Å². The number of benzene rings is 6. The predicted molar refractivity (Wildman–Crippen MR) is 561 cm³/mol. The Balaban J connectivity index is 0.000000314. The van der Waals surface area contributed by atoms with Gasteiger partial charge in [-0.25, -0.2) is 21.8 Å². The number of fused-ring (bicyclic) bond motifs is 4. The number of hydrogen-bond acceptors (Lipinski definition) is 24. The average molecular weight is 2200 g/mol. The quantitative estimate of drug-likeness (QED) is 0.00451. The third-order valence-corrected chi connectivity index (χ3v) is 30.5. The van der Waals surface area contributed by atoms with Crippen LogP contribution in [0, 0.1) is 12.3 Å². The van der Waals surface area contributed by atoms with Crippen LogP contribution in [-0.4, -0.2) is 188 Å². The number of hydrogen-bond donors (Lipinski definition) is 5. The first-order valence-corrected chi connectivity index (χ1v) is 54.5. The smallest absolute Gasteiger partial charge is 0.748 e. The Kier molecular flexibility index (Phi) is 49.0. The number of thiazole rings is 1. The van der Waals surface area contributed by atoms with Crippen molar-refractivity contribution >= 4 is 168 Å². The van der Waals surface area contributed by atoms with E-state index in [0.29, 0.717) is 107 Å². The third-order valence-electron chi connectivity index (χ3n) is 26.0. The normalized spacial score (nSPS) is 17.3. The summed E-state index contributed by atoms with van der Waals surface area (Å²) in [6.45, 7) is 24.6. The summed E-state index contributed by atoms with van der Waals surface area (Å²) in [7, 11) is -8.64. The number of halogens is 5. The minimum atomic E-state index is -5.25. The standard InChI is InChI=1S/C53H51Cl2N2O4S2.C51H74N7O9S.C2H3F3NO2S.2K.O3S/c1-36(58)29-37-13-15-38(16-14-37)30-39-17-19-40(20-18-39)31-52(59)61-28-8-26-57-47-24-22-45(55)35-49(47)63-51(57)33-43-12-6-11-42(53(43)41-9-4-3-5-10-41)32-50-56(25-7-27-60-2)46-23-21-44(54)34-48(46)62-50;1-10-25-57-32(2)50(5,6)37-28-35(39(30-41(37)57)55-44(61)20-16-22-52-9)46-48(63)47(49(46)64)36-29-38-42(58(33(3)51(38,7)8)26-18-27-68(65,66)67)31-40(36)56-45(62)21-17-24-54-43(60)19-14-12-11-13-15-23-53-34(4)59;1-6-9(7,8)2(3,4)5;;;1-4(2)3/h3-5,9-10,13-24,32-35H,6-8,11-12,25-31H2,1-2H3;28-33,52,63H,1,10-27H2,2-9H3,(H,53,59)(H,54,60)(H,56,62)(H,65,66,67);1H3;;;/q+1;2*-1;2*+1;/p-1. The number of carbonyl (C=O) groups excluding carboxylic acids is 7. The maximum Gasteiger partial charge on any atom is 1.00 e. The van der Waals surface area contributed by atoms with Crippen molar-refractivity contribution in [3.63, 3.8) is 0 Å². The Bertz CT molecular complexity index is 6510. The van der Waals surface area contributed by atoms with Crippen LogP contribution in [0.15, 0.2) is 200 Å². The SMILES string of the molecule is COCCCN1C(=CC2=C(c3ccccc3)C(=Cc3sc4cc(Cl)ccc4[n+]3CCCOC(=O)Cc3ccc(Cc4ccc(CC(C)=O)cc4)cc3)CCC2)Sc2cc(Cl)ccc21.C[N-]S(=O)(=O)C(F)(F)F.O=S(=O)=O.[CH2-]CCN1C2=CC(=NC(=O)CCCNC)C(=C3C(=O)C(c4cc5c(cc4NC(=O)CCCNC(=O)CCCCCCCNC(C)=O)N(CCCS(=O)(=O)[O-])C(C)C5(C)C)=C3O)C=C2C(C)(C)C1C.[K+].[K+]. The van der Waals surface area contributed by atoms with Crippen molar-refractivity contribution in [1.82, 2.24) is 20.9 Å². The number of alkyl halides is 3. The first-order valence-electron chi connectivity index (χ1n) is 48.1. The Morgan fingerprint density at radius 3 is 1.95 bits per heavy atom. The molecule has 28 nitrogen and oxygen atoms in total. The molecule has 3 aliphatic carbocycles. The second-order valence-electron chi connectivity index (χ2n) is 37.0. The number of ether oxygens (including phenoxy) is 2. The number of methoxy groups -OCH3 is 1. The molecule has 6 aliphatic rings.